The van der Waals surface area contributed by atoms with Crippen LogP contribution in [0.25, 0.3) is 6.08 Å². The van der Waals surface area contributed by atoms with E-state index in [1.807, 2.05) is 37.2 Å². The number of pyridine rings is 1. The van der Waals surface area contributed by atoms with E-state index in [9.17, 15) is 4.79 Å². The molecule has 22 heavy (non-hydrogen) atoms. The fourth-order valence-electron chi connectivity index (χ4n) is 2.38. The molecular formula is C17H25N3O2. The SMILES string of the molecule is CN(C)CCN(C[C@@H]1CCCO1)C(=O)/C=C\c1ccccn1. The molecule has 1 fully saturated rings. The molecule has 0 N–H and O–H groups in total. The van der Waals surface area contributed by atoms with Gasteiger partial charge in [0.05, 0.1) is 11.8 Å². The number of carbonyl (C=O) groups excluding carboxylic acids is 1. The molecule has 5 nitrogen and oxygen atoms in total. The zero-order chi connectivity index (χ0) is 15.8. The van der Waals surface area contributed by atoms with E-state index in [1.54, 1.807) is 18.3 Å². The number of likely N-dealkylation sites (N-methyl/N-ethyl adjacent to an activating group) is 1. The van der Waals surface area contributed by atoms with Crippen molar-refractivity contribution in [3.05, 3.63) is 36.2 Å². The number of carbonyl (C=O) groups is 1. The zero-order valence-electron chi connectivity index (χ0n) is 13.4. The van der Waals surface area contributed by atoms with Crippen LogP contribution in [0.4, 0.5) is 0 Å². The van der Waals surface area contributed by atoms with Gasteiger partial charge in [0.2, 0.25) is 5.91 Å². The number of nitrogens with zero attached hydrogens (tertiary/aromatic N) is 3. The van der Waals surface area contributed by atoms with E-state index in [-0.39, 0.29) is 12.0 Å². The van der Waals surface area contributed by atoms with Gasteiger partial charge in [0.15, 0.2) is 0 Å². The molecule has 0 aliphatic carbocycles. The van der Waals surface area contributed by atoms with Crippen molar-refractivity contribution < 1.29 is 9.53 Å². The normalized spacial score (nSPS) is 18.2. The molecule has 0 radical (unpaired) electrons. The highest BCUT2D eigenvalue weighted by Gasteiger charge is 2.21. The number of rotatable bonds is 7. The first-order valence-corrected chi connectivity index (χ1v) is 7.79. The topological polar surface area (TPSA) is 45.7 Å². The Morgan fingerprint density at radius 3 is 2.91 bits per heavy atom. The third-order valence-electron chi connectivity index (χ3n) is 3.66. The van der Waals surface area contributed by atoms with Crippen LogP contribution in [0.3, 0.4) is 0 Å². The number of ether oxygens (including phenoxy) is 1. The minimum Gasteiger partial charge on any atom is -0.376 e. The maximum atomic E-state index is 12.5. The molecule has 0 bridgehead atoms. The van der Waals surface area contributed by atoms with Crippen LogP contribution in [-0.2, 0) is 9.53 Å². The average molecular weight is 303 g/mol. The molecule has 1 amide bonds. The van der Waals surface area contributed by atoms with Crippen LogP contribution in [0.5, 0.6) is 0 Å². The van der Waals surface area contributed by atoms with Gasteiger partial charge in [-0.3, -0.25) is 9.78 Å². The molecule has 1 aliphatic rings. The van der Waals surface area contributed by atoms with Crippen molar-refractivity contribution in [1.29, 1.82) is 0 Å². The second kappa shape index (κ2) is 8.66. The van der Waals surface area contributed by atoms with Gasteiger partial charge in [-0.2, -0.15) is 0 Å². The Morgan fingerprint density at radius 2 is 2.27 bits per heavy atom. The summed E-state index contributed by atoms with van der Waals surface area (Å²) in [6, 6.07) is 5.65. The van der Waals surface area contributed by atoms with Crippen LogP contribution < -0.4 is 0 Å². The van der Waals surface area contributed by atoms with Crippen LogP contribution in [0, 0.1) is 0 Å². The molecule has 2 heterocycles. The Labute approximate surface area is 132 Å². The molecule has 1 aromatic rings. The first-order chi connectivity index (χ1) is 10.6. The summed E-state index contributed by atoms with van der Waals surface area (Å²) in [5.74, 6) is 0.0167. The lowest BCUT2D eigenvalue weighted by Crippen LogP contribution is -2.40. The van der Waals surface area contributed by atoms with Gasteiger partial charge in [-0.15, -0.1) is 0 Å². The maximum absolute atomic E-state index is 12.5. The molecule has 0 aromatic carbocycles. The molecule has 1 saturated heterocycles. The predicted octanol–water partition coefficient (Wildman–Crippen LogP) is 1.66. The standard InChI is InChI=1S/C17H25N3O2/c1-19(2)11-12-20(14-16-7-5-13-22-16)17(21)9-8-15-6-3-4-10-18-15/h3-4,6,8-10,16H,5,7,11-14H2,1-2H3/b9-8-/t16-/m0/s1. The molecule has 1 aromatic heterocycles. The van der Waals surface area contributed by atoms with Crippen molar-refractivity contribution in [2.45, 2.75) is 18.9 Å². The molecule has 5 heteroatoms. The zero-order valence-corrected chi connectivity index (χ0v) is 13.4. The summed E-state index contributed by atoms with van der Waals surface area (Å²) in [6.07, 6.45) is 7.39. The van der Waals surface area contributed by atoms with Gasteiger partial charge in [-0.25, -0.2) is 0 Å². The lowest BCUT2D eigenvalue weighted by Gasteiger charge is -2.25. The number of hydrogen-bond donors (Lipinski definition) is 0. The summed E-state index contributed by atoms with van der Waals surface area (Å²) >= 11 is 0. The number of aromatic nitrogens is 1. The molecule has 0 unspecified atom stereocenters. The molecular weight excluding hydrogens is 278 g/mol. The van der Waals surface area contributed by atoms with E-state index in [1.165, 1.54) is 0 Å². The highest BCUT2D eigenvalue weighted by Crippen LogP contribution is 2.13. The maximum Gasteiger partial charge on any atom is 0.246 e. The van der Waals surface area contributed by atoms with E-state index in [0.29, 0.717) is 13.1 Å². The van der Waals surface area contributed by atoms with Crippen LogP contribution in [0.2, 0.25) is 0 Å². The van der Waals surface area contributed by atoms with Crippen molar-refractivity contribution in [3.8, 4) is 0 Å². The smallest absolute Gasteiger partial charge is 0.246 e. The van der Waals surface area contributed by atoms with E-state index < -0.39 is 0 Å². The second-order valence-corrected chi connectivity index (χ2v) is 5.81. The van der Waals surface area contributed by atoms with Crippen molar-refractivity contribution in [2.24, 2.45) is 0 Å². The Bertz CT molecular complexity index is 482. The van der Waals surface area contributed by atoms with Crippen molar-refractivity contribution in [2.75, 3.05) is 40.3 Å². The van der Waals surface area contributed by atoms with E-state index in [4.69, 9.17) is 4.74 Å². The van der Waals surface area contributed by atoms with E-state index in [2.05, 4.69) is 9.88 Å². The van der Waals surface area contributed by atoms with E-state index in [0.717, 1.165) is 31.7 Å². The van der Waals surface area contributed by atoms with Gasteiger partial charge in [0, 0.05) is 38.5 Å². The Kier molecular flexibility index (Phi) is 6.55. The van der Waals surface area contributed by atoms with Gasteiger partial charge in [0.1, 0.15) is 0 Å². The Morgan fingerprint density at radius 1 is 1.41 bits per heavy atom. The molecule has 2 rings (SSSR count). The van der Waals surface area contributed by atoms with E-state index >= 15 is 0 Å². The van der Waals surface area contributed by atoms with Gasteiger partial charge in [0.25, 0.3) is 0 Å². The fraction of sp³-hybridized carbons (Fsp3) is 0.529. The van der Waals surface area contributed by atoms with Crippen LogP contribution in [-0.4, -0.2) is 67.1 Å². The number of hydrogen-bond acceptors (Lipinski definition) is 4. The Balaban J connectivity index is 1.95. The number of amides is 1. The minimum atomic E-state index is 0.0167. The summed E-state index contributed by atoms with van der Waals surface area (Å²) in [7, 11) is 4.02. The third-order valence-corrected chi connectivity index (χ3v) is 3.66. The predicted molar refractivity (Wildman–Crippen MR) is 87.4 cm³/mol. The second-order valence-electron chi connectivity index (χ2n) is 5.81. The quantitative estimate of drug-likeness (QED) is 0.719. The van der Waals surface area contributed by atoms with Crippen LogP contribution >= 0.6 is 0 Å². The van der Waals surface area contributed by atoms with Gasteiger partial charge in [-0.05, 0) is 45.1 Å². The van der Waals surface area contributed by atoms with Crippen molar-refractivity contribution in [1.82, 2.24) is 14.8 Å². The molecule has 1 aliphatic heterocycles. The van der Waals surface area contributed by atoms with Crippen LogP contribution in [0.15, 0.2) is 30.5 Å². The third kappa shape index (κ3) is 5.58. The highest BCUT2D eigenvalue weighted by atomic mass is 16.5. The fourth-order valence-corrected chi connectivity index (χ4v) is 2.38. The van der Waals surface area contributed by atoms with Gasteiger partial charge >= 0.3 is 0 Å². The van der Waals surface area contributed by atoms with Crippen molar-refractivity contribution >= 4 is 12.0 Å². The molecule has 1 atom stereocenters. The Hall–Kier alpha value is -1.72. The minimum absolute atomic E-state index is 0.0167. The van der Waals surface area contributed by atoms with Gasteiger partial charge < -0.3 is 14.5 Å². The first-order valence-electron chi connectivity index (χ1n) is 7.79. The monoisotopic (exact) mass is 303 g/mol. The molecule has 0 spiro atoms. The average Bonchev–Trinajstić information content (AvgIpc) is 3.03. The van der Waals surface area contributed by atoms with Gasteiger partial charge in [-0.1, -0.05) is 6.07 Å². The molecule has 0 saturated carbocycles. The summed E-state index contributed by atoms with van der Waals surface area (Å²) in [5.41, 5.74) is 0.792. The summed E-state index contributed by atoms with van der Waals surface area (Å²) in [4.78, 5) is 20.6. The summed E-state index contributed by atoms with van der Waals surface area (Å²) in [5, 5.41) is 0. The lowest BCUT2D eigenvalue weighted by molar-refractivity contribution is -0.127. The molecule has 120 valence electrons. The summed E-state index contributed by atoms with van der Waals surface area (Å²) < 4.78 is 5.66. The first kappa shape index (κ1) is 16.6. The highest BCUT2D eigenvalue weighted by molar-refractivity contribution is 5.91. The lowest BCUT2D eigenvalue weighted by atomic mass is 10.2. The summed E-state index contributed by atoms with van der Waals surface area (Å²) in [6.45, 7) is 3.03. The van der Waals surface area contributed by atoms with Crippen molar-refractivity contribution in [3.63, 3.8) is 0 Å². The van der Waals surface area contributed by atoms with Crippen LogP contribution in [0.1, 0.15) is 18.5 Å². The largest absolute Gasteiger partial charge is 0.376 e.